The van der Waals surface area contributed by atoms with Gasteiger partial charge in [0.1, 0.15) is 0 Å². The quantitative estimate of drug-likeness (QED) is 0.308. The van der Waals surface area contributed by atoms with E-state index in [9.17, 15) is 0 Å². The predicted octanol–water partition coefficient (Wildman–Crippen LogP) is 6.39. The van der Waals surface area contributed by atoms with E-state index in [1.54, 1.807) is 0 Å². The molecule has 0 N–H and O–H groups in total. The zero-order chi connectivity index (χ0) is 20.1. The third kappa shape index (κ3) is 3.88. The molecule has 0 saturated heterocycles. The van der Waals surface area contributed by atoms with Crippen LogP contribution in [0, 0.1) is 5.41 Å². The van der Waals surface area contributed by atoms with Crippen molar-refractivity contribution in [1.82, 2.24) is 9.97 Å². The molecule has 0 saturated carbocycles. The van der Waals surface area contributed by atoms with Gasteiger partial charge in [-0.25, -0.2) is 0 Å². The van der Waals surface area contributed by atoms with E-state index >= 15 is 0 Å². The van der Waals surface area contributed by atoms with Crippen LogP contribution in [-0.4, -0.2) is 30.4 Å². The molecule has 0 unspecified atom stereocenters. The molecule has 0 amide bonds. The Hall–Kier alpha value is -1.69. The van der Waals surface area contributed by atoms with E-state index in [0.29, 0.717) is 0 Å². The van der Waals surface area contributed by atoms with Crippen molar-refractivity contribution in [3.8, 4) is 11.3 Å². The number of aromatic nitrogens is 2. The Morgan fingerprint density at radius 3 is 2.39 bits per heavy atom. The van der Waals surface area contributed by atoms with Crippen LogP contribution in [0.2, 0.25) is 0 Å². The molecule has 2 aromatic carbocycles. The van der Waals surface area contributed by atoms with Crippen LogP contribution in [0.1, 0.15) is 50.8 Å². The average Bonchev–Trinajstić information content (AvgIpc) is 3.00. The minimum atomic E-state index is -0.464. The van der Waals surface area contributed by atoms with Crippen molar-refractivity contribution < 1.29 is 0 Å². The minimum absolute atomic E-state index is 0.0815. The Morgan fingerprint density at radius 2 is 1.68 bits per heavy atom. The fourth-order valence-electron chi connectivity index (χ4n) is 3.70. The zero-order valence-electron chi connectivity index (χ0n) is 17.6. The van der Waals surface area contributed by atoms with Crippen molar-refractivity contribution in [2.45, 2.75) is 53.4 Å². The molecule has 2 heterocycles. The van der Waals surface area contributed by atoms with E-state index in [1.807, 2.05) is 6.20 Å². The van der Waals surface area contributed by atoms with E-state index in [4.69, 9.17) is 9.97 Å². The van der Waals surface area contributed by atoms with Crippen LogP contribution in [0.15, 0.2) is 48.7 Å². The first-order valence-electron chi connectivity index (χ1n) is 9.90. The fourth-order valence-corrected chi connectivity index (χ4v) is 7.62. The second-order valence-electron chi connectivity index (χ2n) is 9.85. The third-order valence-electron chi connectivity index (χ3n) is 4.97. The number of fused-ring (bicyclic) bond motifs is 2. The maximum absolute atomic E-state index is 4.99. The van der Waals surface area contributed by atoms with Crippen molar-refractivity contribution in [2.24, 2.45) is 5.41 Å². The topological polar surface area (TPSA) is 25.8 Å². The first-order valence-corrected chi connectivity index (χ1v) is 12.2. The van der Waals surface area contributed by atoms with Gasteiger partial charge in [0.25, 0.3) is 0 Å². The standard InChI is InChI=1S/C25H28N2Te/c1-24(2,3)15-21-27-20-11-12-26-22(23(20)28-21)17-13-16-9-7-8-10-18(16)19(14-17)25(4,5)6/h7-14H,15H2,1-6H3. The first kappa shape index (κ1) is 19.6. The van der Waals surface area contributed by atoms with Gasteiger partial charge in [0.2, 0.25) is 0 Å². The van der Waals surface area contributed by atoms with Gasteiger partial charge in [-0.05, 0) is 0 Å². The zero-order valence-corrected chi connectivity index (χ0v) is 20.0. The maximum atomic E-state index is 4.99. The van der Waals surface area contributed by atoms with Crippen LogP contribution in [0.5, 0.6) is 0 Å². The summed E-state index contributed by atoms with van der Waals surface area (Å²) in [5, 5.41) is 2.63. The summed E-state index contributed by atoms with van der Waals surface area (Å²) in [6, 6.07) is 15.5. The van der Waals surface area contributed by atoms with Crippen LogP contribution < -0.4 is 0 Å². The molecule has 0 atom stereocenters. The summed E-state index contributed by atoms with van der Waals surface area (Å²) in [5.74, 6) is 0. The number of nitrogens with zero attached hydrogens (tertiary/aromatic N) is 2. The normalized spacial score (nSPS) is 12.8. The summed E-state index contributed by atoms with van der Waals surface area (Å²) in [6.45, 7) is 13.8. The van der Waals surface area contributed by atoms with Gasteiger partial charge in [0.05, 0.1) is 0 Å². The molecule has 0 radical (unpaired) electrons. The van der Waals surface area contributed by atoms with Crippen LogP contribution in [0.4, 0.5) is 0 Å². The Kier molecular flexibility index (Phi) is 4.89. The number of benzene rings is 2. The van der Waals surface area contributed by atoms with Crippen molar-refractivity contribution in [3.05, 3.63) is 57.9 Å². The van der Waals surface area contributed by atoms with Crippen LogP contribution >= 0.6 is 0 Å². The monoisotopic (exact) mass is 486 g/mol. The fraction of sp³-hybridized carbons (Fsp3) is 0.360. The molecule has 0 aliphatic carbocycles. The SMILES string of the molecule is CC(C)(C)Cc1nc2ccnc(-c3cc(C(C)(C)C)c4ccccc4c3)c2[te]1. The number of hydrogen-bond acceptors (Lipinski definition) is 2. The Bertz CT molecular complexity index is 1160. The van der Waals surface area contributed by atoms with Gasteiger partial charge in [0.15, 0.2) is 0 Å². The van der Waals surface area contributed by atoms with Gasteiger partial charge in [-0.1, -0.05) is 0 Å². The number of pyridine rings is 1. The van der Waals surface area contributed by atoms with E-state index < -0.39 is 20.4 Å². The summed E-state index contributed by atoms with van der Waals surface area (Å²) in [5.41, 5.74) is 5.27. The molecule has 0 spiro atoms. The molecule has 0 aliphatic heterocycles. The van der Waals surface area contributed by atoms with Gasteiger partial charge in [-0.15, -0.1) is 0 Å². The van der Waals surface area contributed by atoms with E-state index in [-0.39, 0.29) is 10.8 Å². The molecular formula is C25H28N2Te. The van der Waals surface area contributed by atoms with E-state index in [2.05, 4.69) is 84.0 Å². The molecule has 4 aromatic rings. The molecule has 144 valence electrons. The summed E-state index contributed by atoms with van der Waals surface area (Å²) in [4.78, 5) is 9.83. The van der Waals surface area contributed by atoms with Gasteiger partial charge in [-0.3, -0.25) is 0 Å². The molecule has 4 rings (SSSR count). The van der Waals surface area contributed by atoms with Gasteiger partial charge >= 0.3 is 178 Å². The van der Waals surface area contributed by atoms with E-state index in [1.165, 1.54) is 29.0 Å². The molecule has 2 aromatic heterocycles. The summed E-state index contributed by atoms with van der Waals surface area (Å²) >= 11 is -0.464. The molecule has 0 aliphatic rings. The van der Waals surface area contributed by atoms with Crippen molar-refractivity contribution >= 4 is 40.1 Å². The van der Waals surface area contributed by atoms with Crippen LogP contribution in [0.3, 0.4) is 0 Å². The Labute approximate surface area is 177 Å². The summed E-state index contributed by atoms with van der Waals surface area (Å²) < 4.78 is 2.81. The second-order valence-corrected chi connectivity index (χ2v) is 12.9. The molecule has 0 fully saturated rings. The van der Waals surface area contributed by atoms with Gasteiger partial charge in [-0.2, -0.15) is 0 Å². The van der Waals surface area contributed by atoms with Crippen molar-refractivity contribution in [1.29, 1.82) is 0 Å². The molecular weight excluding hydrogens is 456 g/mol. The summed E-state index contributed by atoms with van der Waals surface area (Å²) in [6.07, 6.45) is 3.00. The van der Waals surface area contributed by atoms with Gasteiger partial charge < -0.3 is 0 Å². The summed E-state index contributed by atoms with van der Waals surface area (Å²) in [7, 11) is 0. The Morgan fingerprint density at radius 1 is 0.929 bits per heavy atom. The molecule has 0 bridgehead atoms. The predicted molar refractivity (Wildman–Crippen MR) is 121 cm³/mol. The van der Waals surface area contributed by atoms with Crippen molar-refractivity contribution in [2.75, 3.05) is 0 Å². The van der Waals surface area contributed by atoms with Crippen molar-refractivity contribution in [3.63, 3.8) is 0 Å². The van der Waals surface area contributed by atoms with Gasteiger partial charge in [0, 0.05) is 0 Å². The molecule has 2 nitrogen and oxygen atoms in total. The number of rotatable bonds is 2. The third-order valence-corrected chi connectivity index (χ3v) is 8.05. The van der Waals surface area contributed by atoms with Crippen LogP contribution in [-0.2, 0) is 11.8 Å². The number of hydrogen-bond donors (Lipinski definition) is 0. The average molecular weight is 484 g/mol. The Balaban J connectivity index is 1.94. The second kappa shape index (κ2) is 6.97. The molecule has 3 heteroatoms. The van der Waals surface area contributed by atoms with Crippen LogP contribution in [0.25, 0.3) is 30.9 Å². The van der Waals surface area contributed by atoms with E-state index in [0.717, 1.165) is 17.6 Å². The molecule has 28 heavy (non-hydrogen) atoms. The first-order chi connectivity index (χ1) is 13.1.